The first-order chi connectivity index (χ1) is 14.5. The largest absolute Gasteiger partial charge is 0.481 e. The Bertz CT molecular complexity index is 880. The van der Waals surface area contributed by atoms with E-state index in [4.69, 9.17) is 4.74 Å². The smallest absolute Gasteiger partial charge is 0.261 e. The highest BCUT2D eigenvalue weighted by molar-refractivity contribution is 5.88. The van der Waals surface area contributed by atoms with Crippen molar-refractivity contribution in [1.29, 1.82) is 0 Å². The summed E-state index contributed by atoms with van der Waals surface area (Å²) in [4.78, 5) is 27.4. The Kier molecular flexibility index (Phi) is 7.44. The number of hydrogen-bond donors (Lipinski definition) is 1. The van der Waals surface area contributed by atoms with Gasteiger partial charge in [0.05, 0.1) is 0 Å². The number of nitrogens with one attached hydrogen (secondary N) is 1. The number of carbonyl (C=O) groups is 2. The fraction of sp³-hybridized carbons (Fsp3) is 0.417. The molecular weight excluding hydrogens is 383 g/mol. The molecule has 1 atom stereocenters. The molecule has 6 heteroatoms. The second-order valence-corrected chi connectivity index (χ2v) is 7.83. The zero-order chi connectivity index (χ0) is 21.5. The van der Waals surface area contributed by atoms with Gasteiger partial charge < -0.3 is 15.0 Å². The summed E-state index contributed by atoms with van der Waals surface area (Å²) in [6.45, 7) is 3.64. The molecule has 0 spiro atoms. The molecule has 1 aliphatic carbocycles. The molecule has 0 aliphatic heterocycles. The van der Waals surface area contributed by atoms with Crippen LogP contribution in [0.2, 0.25) is 0 Å². The van der Waals surface area contributed by atoms with Crippen LogP contribution in [0.4, 0.5) is 4.39 Å². The molecule has 1 N–H and O–H groups in total. The van der Waals surface area contributed by atoms with Crippen LogP contribution < -0.4 is 10.1 Å². The van der Waals surface area contributed by atoms with Gasteiger partial charge in [0.1, 0.15) is 6.04 Å². The second kappa shape index (κ2) is 10.2. The number of para-hydroxylation sites is 1. The van der Waals surface area contributed by atoms with Gasteiger partial charge in [-0.1, -0.05) is 49.2 Å². The van der Waals surface area contributed by atoms with E-state index in [-0.39, 0.29) is 36.8 Å². The monoisotopic (exact) mass is 412 g/mol. The number of rotatable bonds is 8. The van der Waals surface area contributed by atoms with Crippen LogP contribution >= 0.6 is 0 Å². The molecule has 2 aromatic carbocycles. The average molecular weight is 413 g/mol. The van der Waals surface area contributed by atoms with Crippen LogP contribution in [0.1, 0.15) is 43.7 Å². The molecule has 5 nitrogen and oxygen atoms in total. The standard InChI is InChI=1S/C24H29FN2O3/c1-17-9-3-4-10-19(17)15-27(18(2)24(29)26-20-11-5-6-12-20)23(28)16-30-22-14-8-7-13-21(22)25/h3-4,7-10,13-14,18,20H,5-6,11-12,15-16H2,1-2H3,(H,26,29). The first kappa shape index (κ1) is 21.8. The molecule has 1 fully saturated rings. The Hall–Kier alpha value is -2.89. The maximum Gasteiger partial charge on any atom is 0.261 e. The minimum absolute atomic E-state index is 0.0183. The maximum absolute atomic E-state index is 13.8. The maximum atomic E-state index is 13.8. The lowest BCUT2D eigenvalue weighted by atomic mass is 10.1. The van der Waals surface area contributed by atoms with Crippen molar-refractivity contribution in [2.24, 2.45) is 0 Å². The van der Waals surface area contributed by atoms with Gasteiger partial charge in [-0.15, -0.1) is 0 Å². The minimum atomic E-state index is -0.665. The Morgan fingerprint density at radius 1 is 1.13 bits per heavy atom. The van der Waals surface area contributed by atoms with E-state index in [9.17, 15) is 14.0 Å². The van der Waals surface area contributed by atoms with Gasteiger partial charge >= 0.3 is 0 Å². The van der Waals surface area contributed by atoms with Gasteiger partial charge in [0, 0.05) is 12.6 Å². The highest BCUT2D eigenvalue weighted by Gasteiger charge is 2.29. The molecule has 2 amide bonds. The number of hydrogen-bond acceptors (Lipinski definition) is 3. The Morgan fingerprint density at radius 2 is 1.80 bits per heavy atom. The summed E-state index contributed by atoms with van der Waals surface area (Å²) in [5.74, 6) is -1.04. The van der Waals surface area contributed by atoms with Gasteiger partial charge in [-0.2, -0.15) is 0 Å². The summed E-state index contributed by atoms with van der Waals surface area (Å²) in [5, 5.41) is 3.06. The zero-order valence-electron chi connectivity index (χ0n) is 17.6. The number of benzene rings is 2. The van der Waals surface area contributed by atoms with Gasteiger partial charge in [-0.3, -0.25) is 9.59 Å². The third-order valence-corrected chi connectivity index (χ3v) is 5.66. The highest BCUT2D eigenvalue weighted by Crippen LogP contribution is 2.20. The van der Waals surface area contributed by atoms with E-state index in [1.807, 2.05) is 31.2 Å². The van der Waals surface area contributed by atoms with Crippen molar-refractivity contribution in [3.63, 3.8) is 0 Å². The van der Waals surface area contributed by atoms with Crippen LogP contribution in [-0.2, 0) is 16.1 Å². The summed E-state index contributed by atoms with van der Waals surface area (Å²) in [6, 6.07) is 13.2. The molecule has 0 saturated heterocycles. The summed E-state index contributed by atoms with van der Waals surface area (Å²) >= 11 is 0. The molecular formula is C24H29FN2O3. The molecule has 0 heterocycles. The van der Waals surface area contributed by atoms with E-state index in [0.717, 1.165) is 36.8 Å². The lowest BCUT2D eigenvalue weighted by molar-refractivity contribution is -0.142. The molecule has 2 aromatic rings. The van der Waals surface area contributed by atoms with Crippen LogP contribution in [0.15, 0.2) is 48.5 Å². The zero-order valence-corrected chi connectivity index (χ0v) is 17.6. The Morgan fingerprint density at radius 3 is 2.50 bits per heavy atom. The van der Waals surface area contributed by atoms with Gasteiger partial charge in [0.15, 0.2) is 18.2 Å². The van der Waals surface area contributed by atoms with Crippen LogP contribution in [0.3, 0.4) is 0 Å². The summed E-state index contributed by atoms with van der Waals surface area (Å²) in [5.41, 5.74) is 1.99. The van der Waals surface area contributed by atoms with Crippen molar-refractivity contribution in [3.05, 3.63) is 65.5 Å². The van der Waals surface area contributed by atoms with Crippen molar-refractivity contribution in [1.82, 2.24) is 10.2 Å². The number of halogens is 1. The van der Waals surface area contributed by atoms with E-state index >= 15 is 0 Å². The van der Waals surface area contributed by atoms with Crippen LogP contribution in [0.5, 0.6) is 5.75 Å². The fourth-order valence-corrected chi connectivity index (χ4v) is 3.73. The van der Waals surface area contributed by atoms with Gasteiger partial charge in [-0.05, 0) is 49.9 Å². The first-order valence-corrected chi connectivity index (χ1v) is 10.5. The topological polar surface area (TPSA) is 58.6 Å². The van der Waals surface area contributed by atoms with E-state index < -0.39 is 11.9 Å². The van der Waals surface area contributed by atoms with Crippen LogP contribution in [-0.4, -0.2) is 35.4 Å². The summed E-state index contributed by atoms with van der Waals surface area (Å²) in [6.07, 6.45) is 4.17. The van der Waals surface area contributed by atoms with E-state index in [0.29, 0.717) is 0 Å². The minimum Gasteiger partial charge on any atom is -0.481 e. The lowest BCUT2D eigenvalue weighted by Gasteiger charge is -2.30. The van der Waals surface area contributed by atoms with E-state index in [1.54, 1.807) is 19.1 Å². The molecule has 3 rings (SSSR count). The number of carbonyl (C=O) groups excluding carboxylic acids is 2. The molecule has 1 saturated carbocycles. The molecule has 0 radical (unpaired) electrons. The van der Waals surface area contributed by atoms with Crippen molar-refractivity contribution >= 4 is 11.8 Å². The number of nitrogens with zero attached hydrogens (tertiary/aromatic N) is 1. The molecule has 1 unspecified atom stereocenters. The van der Waals surface area contributed by atoms with Gasteiger partial charge in [0.2, 0.25) is 5.91 Å². The SMILES string of the molecule is Cc1ccccc1CN(C(=O)COc1ccccc1F)C(C)C(=O)NC1CCCC1. The number of amides is 2. The van der Waals surface area contributed by atoms with E-state index in [1.165, 1.54) is 17.0 Å². The van der Waals surface area contributed by atoms with Crippen molar-refractivity contribution in [2.75, 3.05) is 6.61 Å². The quantitative estimate of drug-likeness (QED) is 0.713. The van der Waals surface area contributed by atoms with Crippen molar-refractivity contribution in [2.45, 2.75) is 58.2 Å². The normalized spacial score (nSPS) is 14.9. The fourth-order valence-electron chi connectivity index (χ4n) is 3.73. The Labute approximate surface area is 177 Å². The third-order valence-electron chi connectivity index (χ3n) is 5.66. The summed E-state index contributed by atoms with van der Waals surface area (Å²) < 4.78 is 19.3. The third kappa shape index (κ3) is 5.59. The average Bonchev–Trinajstić information content (AvgIpc) is 3.25. The summed E-state index contributed by atoms with van der Waals surface area (Å²) in [7, 11) is 0. The number of ether oxygens (including phenoxy) is 1. The highest BCUT2D eigenvalue weighted by atomic mass is 19.1. The first-order valence-electron chi connectivity index (χ1n) is 10.5. The molecule has 160 valence electrons. The number of aryl methyl sites for hydroxylation is 1. The van der Waals surface area contributed by atoms with Crippen molar-refractivity contribution < 1.29 is 18.7 Å². The Balaban J connectivity index is 1.73. The molecule has 1 aliphatic rings. The van der Waals surface area contributed by atoms with Gasteiger partial charge in [0.25, 0.3) is 5.91 Å². The van der Waals surface area contributed by atoms with Crippen LogP contribution in [0, 0.1) is 12.7 Å². The molecule has 0 aromatic heterocycles. The predicted octanol–water partition coefficient (Wildman–Crippen LogP) is 3.99. The van der Waals surface area contributed by atoms with Crippen LogP contribution in [0.25, 0.3) is 0 Å². The second-order valence-electron chi connectivity index (χ2n) is 7.83. The van der Waals surface area contributed by atoms with Gasteiger partial charge in [-0.25, -0.2) is 4.39 Å². The molecule has 0 bridgehead atoms. The molecule has 30 heavy (non-hydrogen) atoms. The van der Waals surface area contributed by atoms with Crippen molar-refractivity contribution in [3.8, 4) is 5.75 Å². The predicted molar refractivity (Wildman–Crippen MR) is 113 cm³/mol. The lowest BCUT2D eigenvalue weighted by Crippen LogP contribution is -2.50. The van der Waals surface area contributed by atoms with E-state index in [2.05, 4.69) is 5.32 Å².